The molecule has 0 saturated carbocycles. The lowest BCUT2D eigenvalue weighted by molar-refractivity contribution is 0.0879. The topological polar surface area (TPSA) is 82.2 Å². The van der Waals surface area contributed by atoms with Crippen LogP contribution in [-0.2, 0) is 6.54 Å². The molecule has 0 aliphatic rings. The molecule has 130 valence electrons. The molecule has 0 aliphatic heterocycles. The first-order valence-electron chi connectivity index (χ1n) is 7.97. The Morgan fingerprint density at radius 1 is 1.20 bits per heavy atom. The minimum Gasteiger partial charge on any atom is -0.491 e. The van der Waals surface area contributed by atoms with Crippen molar-refractivity contribution in [3.8, 4) is 11.6 Å². The van der Waals surface area contributed by atoms with Crippen molar-refractivity contribution in [2.24, 2.45) is 0 Å². The van der Waals surface area contributed by atoms with E-state index in [1.54, 1.807) is 29.4 Å². The van der Waals surface area contributed by atoms with E-state index in [2.05, 4.69) is 10.1 Å². The molecule has 0 fully saturated rings. The Kier molecular flexibility index (Phi) is 4.95. The van der Waals surface area contributed by atoms with Crippen LogP contribution < -0.4 is 10.3 Å². The van der Waals surface area contributed by atoms with Crippen molar-refractivity contribution in [2.75, 3.05) is 6.61 Å². The molecule has 3 aromatic rings. The summed E-state index contributed by atoms with van der Waals surface area (Å²) in [5.74, 6) is 1.25. The standard InChI is InChI=1S/C18H20N4O3/c1-13-7-14(2)9-16(8-13)25-11-15(23)10-22-18(24)4-3-17(20-22)21-6-5-19-12-21/h3-9,12,15,23H,10-11H2,1-2H3/t15-/m0/s1. The summed E-state index contributed by atoms with van der Waals surface area (Å²) in [6.07, 6.45) is 4.10. The van der Waals surface area contributed by atoms with Crippen molar-refractivity contribution in [3.05, 3.63) is 70.5 Å². The maximum Gasteiger partial charge on any atom is 0.266 e. The Labute approximate surface area is 145 Å². The molecule has 1 atom stereocenters. The molecule has 0 aliphatic carbocycles. The van der Waals surface area contributed by atoms with Crippen LogP contribution in [0.4, 0.5) is 0 Å². The molecule has 0 amide bonds. The van der Waals surface area contributed by atoms with E-state index in [9.17, 15) is 9.90 Å². The van der Waals surface area contributed by atoms with Crippen LogP contribution in [-0.4, -0.2) is 37.1 Å². The molecule has 0 unspecified atom stereocenters. The largest absolute Gasteiger partial charge is 0.491 e. The number of rotatable bonds is 6. The molecule has 1 aromatic carbocycles. The number of aliphatic hydroxyl groups is 1. The average molecular weight is 340 g/mol. The van der Waals surface area contributed by atoms with Crippen LogP contribution in [0.3, 0.4) is 0 Å². The van der Waals surface area contributed by atoms with E-state index in [1.165, 1.54) is 10.7 Å². The molecular weight excluding hydrogens is 320 g/mol. The quantitative estimate of drug-likeness (QED) is 0.735. The number of nitrogens with zero attached hydrogens (tertiary/aromatic N) is 4. The van der Waals surface area contributed by atoms with Crippen LogP contribution in [0.15, 0.2) is 53.8 Å². The molecule has 0 radical (unpaired) electrons. The van der Waals surface area contributed by atoms with Gasteiger partial charge >= 0.3 is 0 Å². The van der Waals surface area contributed by atoms with Crippen LogP contribution >= 0.6 is 0 Å². The van der Waals surface area contributed by atoms with Crippen LogP contribution in [0.5, 0.6) is 5.75 Å². The monoisotopic (exact) mass is 340 g/mol. The van der Waals surface area contributed by atoms with Gasteiger partial charge in [0.05, 0.1) is 6.54 Å². The number of aromatic nitrogens is 4. The van der Waals surface area contributed by atoms with Crippen LogP contribution in [0.1, 0.15) is 11.1 Å². The smallest absolute Gasteiger partial charge is 0.266 e. The first-order valence-corrected chi connectivity index (χ1v) is 7.97. The summed E-state index contributed by atoms with van der Waals surface area (Å²) in [6.45, 7) is 4.10. The third-order valence-corrected chi connectivity index (χ3v) is 3.64. The first kappa shape index (κ1) is 16.9. The van der Waals surface area contributed by atoms with Crippen molar-refractivity contribution in [1.82, 2.24) is 19.3 Å². The van der Waals surface area contributed by atoms with Crippen molar-refractivity contribution in [2.45, 2.75) is 26.5 Å². The van der Waals surface area contributed by atoms with Gasteiger partial charge in [0, 0.05) is 18.5 Å². The molecule has 7 heteroatoms. The van der Waals surface area contributed by atoms with Crippen LogP contribution in [0, 0.1) is 13.8 Å². The molecule has 0 saturated heterocycles. The summed E-state index contributed by atoms with van der Waals surface area (Å²) in [4.78, 5) is 15.9. The molecular formula is C18H20N4O3. The lowest BCUT2D eigenvalue weighted by Gasteiger charge is -2.14. The number of aryl methyl sites for hydroxylation is 2. The van der Waals surface area contributed by atoms with E-state index in [1.807, 2.05) is 32.0 Å². The predicted molar refractivity (Wildman–Crippen MR) is 93.0 cm³/mol. The van der Waals surface area contributed by atoms with Gasteiger partial charge in [0.25, 0.3) is 5.56 Å². The fourth-order valence-electron chi connectivity index (χ4n) is 2.56. The Morgan fingerprint density at radius 2 is 1.96 bits per heavy atom. The van der Waals surface area contributed by atoms with E-state index < -0.39 is 6.10 Å². The second kappa shape index (κ2) is 7.31. The minimum atomic E-state index is -0.857. The molecule has 3 rings (SSSR count). The van der Waals surface area contributed by atoms with Crippen molar-refractivity contribution >= 4 is 0 Å². The van der Waals surface area contributed by atoms with Gasteiger partial charge in [-0.05, 0) is 43.2 Å². The second-order valence-electron chi connectivity index (χ2n) is 5.97. The summed E-state index contributed by atoms with van der Waals surface area (Å²) in [5.41, 5.74) is 1.90. The average Bonchev–Trinajstić information content (AvgIpc) is 3.09. The third-order valence-electron chi connectivity index (χ3n) is 3.64. The van der Waals surface area contributed by atoms with Crippen LogP contribution in [0.25, 0.3) is 5.82 Å². The first-order chi connectivity index (χ1) is 12.0. The number of hydrogen-bond donors (Lipinski definition) is 1. The lowest BCUT2D eigenvalue weighted by Crippen LogP contribution is -2.32. The summed E-state index contributed by atoms with van der Waals surface area (Å²) < 4.78 is 8.55. The number of ether oxygens (including phenoxy) is 1. The van der Waals surface area contributed by atoms with Gasteiger partial charge in [-0.25, -0.2) is 9.67 Å². The minimum absolute atomic E-state index is 0.0478. The van der Waals surface area contributed by atoms with Gasteiger partial charge in [-0.15, -0.1) is 0 Å². The Bertz CT molecular complexity index is 883. The Balaban J connectivity index is 1.67. The summed E-state index contributed by atoms with van der Waals surface area (Å²) in [6, 6.07) is 8.89. The SMILES string of the molecule is Cc1cc(C)cc(OC[C@@H](O)Cn2nc(-n3ccnc3)ccc2=O)c1. The van der Waals surface area contributed by atoms with E-state index in [-0.39, 0.29) is 18.7 Å². The number of imidazole rings is 1. The predicted octanol–water partition coefficient (Wildman–Crippen LogP) is 1.49. The zero-order valence-electron chi connectivity index (χ0n) is 14.2. The fourth-order valence-corrected chi connectivity index (χ4v) is 2.56. The van der Waals surface area contributed by atoms with E-state index in [0.29, 0.717) is 11.6 Å². The number of benzene rings is 1. The molecule has 0 spiro atoms. The fraction of sp³-hybridized carbons (Fsp3) is 0.278. The number of aliphatic hydroxyl groups excluding tert-OH is 1. The van der Waals surface area contributed by atoms with Gasteiger partial charge in [-0.2, -0.15) is 5.10 Å². The van der Waals surface area contributed by atoms with Crippen LogP contribution in [0.2, 0.25) is 0 Å². The molecule has 2 heterocycles. The third kappa shape index (κ3) is 4.33. The summed E-state index contributed by atoms with van der Waals surface area (Å²) in [5, 5.41) is 14.5. The van der Waals surface area contributed by atoms with E-state index >= 15 is 0 Å². The van der Waals surface area contributed by atoms with Crippen molar-refractivity contribution in [1.29, 1.82) is 0 Å². The number of hydrogen-bond acceptors (Lipinski definition) is 5. The summed E-state index contributed by atoms with van der Waals surface area (Å²) in [7, 11) is 0. The highest BCUT2D eigenvalue weighted by molar-refractivity contribution is 5.33. The zero-order chi connectivity index (χ0) is 17.8. The van der Waals surface area contributed by atoms with Crippen molar-refractivity contribution < 1.29 is 9.84 Å². The Morgan fingerprint density at radius 3 is 2.64 bits per heavy atom. The van der Waals surface area contributed by atoms with Gasteiger partial charge in [-0.1, -0.05) is 6.07 Å². The van der Waals surface area contributed by atoms with Crippen molar-refractivity contribution in [3.63, 3.8) is 0 Å². The molecule has 0 bridgehead atoms. The maximum absolute atomic E-state index is 12.0. The molecule has 1 N–H and O–H groups in total. The lowest BCUT2D eigenvalue weighted by atomic mass is 10.1. The second-order valence-corrected chi connectivity index (χ2v) is 5.97. The highest BCUT2D eigenvalue weighted by Gasteiger charge is 2.10. The van der Waals surface area contributed by atoms with E-state index in [0.717, 1.165) is 11.1 Å². The van der Waals surface area contributed by atoms with Gasteiger partial charge in [0.1, 0.15) is 24.8 Å². The molecule has 2 aromatic heterocycles. The van der Waals surface area contributed by atoms with Gasteiger partial charge in [0.15, 0.2) is 5.82 Å². The summed E-state index contributed by atoms with van der Waals surface area (Å²) >= 11 is 0. The molecule has 25 heavy (non-hydrogen) atoms. The van der Waals surface area contributed by atoms with E-state index in [4.69, 9.17) is 4.74 Å². The zero-order valence-corrected chi connectivity index (χ0v) is 14.2. The van der Waals surface area contributed by atoms with Gasteiger partial charge < -0.3 is 9.84 Å². The highest BCUT2D eigenvalue weighted by atomic mass is 16.5. The maximum atomic E-state index is 12.0. The van der Waals surface area contributed by atoms with Gasteiger partial charge in [0.2, 0.25) is 0 Å². The highest BCUT2D eigenvalue weighted by Crippen LogP contribution is 2.16. The van der Waals surface area contributed by atoms with Gasteiger partial charge in [-0.3, -0.25) is 9.36 Å². The Hall–Kier alpha value is -2.93. The normalized spacial score (nSPS) is 12.1. The molecule has 7 nitrogen and oxygen atoms in total.